The number of hydrogen-bond donors (Lipinski definition) is 0. The molecule has 0 amide bonds. The number of aromatic nitrogens is 1. The highest BCUT2D eigenvalue weighted by Crippen LogP contribution is 2.21. The van der Waals surface area contributed by atoms with E-state index in [2.05, 4.69) is 31.3 Å². The first-order valence-corrected chi connectivity index (χ1v) is 5.54. The van der Waals surface area contributed by atoms with Crippen molar-refractivity contribution < 1.29 is 0 Å². The molecule has 0 bridgehead atoms. The van der Waals surface area contributed by atoms with E-state index in [-0.39, 0.29) is 7.92 Å². The molecule has 0 aliphatic rings. The van der Waals surface area contributed by atoms with E-state index in [4.69, 9.17) is 0 Å². The van der Waals surface area contributed by atoms with Gasteiger partial charge in [0.05, 0.1) is 5.44 Å². The first-order valence-electron chi connectivity index (χ1n) is 3.30. The molecule has 0 aromatic carbocycles. The maximum absolute atomic E-state index is 4.27. The monoisotopic (exact) mass is 153 g/mol. The standard InChI is InChI=1S/C8H12NP/c1-7-4-5-9-8(6-7)10(2)3/h4-6H,1-3H3. The van der Waals surface area contributed by atoms with Gasteiger partial charge in [0.1, 0.15) is 0 Å². The molecular weight excluding hydrogens is 141 g/mol. The number of rotatable bonds is 1. The molecule has 1 nitrogen and oxygen atoms in total. The van der Waals surface area contributed by atoms with Crippen molar-refractivity contribution in [2.24, 2.45) is 0 Å². The zero-order valence-electron chi connectivity index (χ0n) is 6.63. The van der Waals surface area contributed by atoms with Gasteiger partial charge in [0.25, 0.3) is 0 Å². The molecule has 1 aromatic rings. The highest BCUT2D eigenvalue weighted by atomic mass is 31.1. The summed E-state index contributed by atoms with van der Waals surface area (Å²) in [6.07, 6.45) is 1.88. The van der Waals surface area contributed by atoms with Gasteiger partial charge >= 0.3 is 0 Å². The number of pyridine rings is 1. The lowest BCUT2D eigenvalue weighted by Crippen LogP contribution is -2.03. The summed E-state index contributed by atoms with van der Waals surface area (Å²) in [6, 6.07) is 4.19. The Morgan fingerprint density at radius 1 is 1.40 bits per heavy atom. The van der Waals surface area contributed by atoms with Crippen LogP contribution in [0.4, 0.5) is 0 Å². The molecule has 0 saturated carbocycles. The Morgan fingerprint density at radius 3 is 2.50 bits per heavy atom. The second kappa shape index (κ2) is 3.12. The van der Waals surface area contributed by atoms with Crippen LogP contribution in [0.3, 0.4) is 0 Å². The largest absolute Gasteiger partial charge is 0.257 e. The normalized spacial score (nSPS) is 10.4. The van der Waals surface area contributed by atoms with Gasteiger partial charge in [0.15, 0.2) is 0 Å². The highest BCUT2D eigenvalue weighted by Gasteiger charge is 1.97. The molecule has 54 valence electrons. The van der Waals surface area contributed by atoms with Gasteiger partial charge in [-0.25, -0.2) is 0 Å². The second-order valence-electron chi connectivity index (χ2n) is 2.59. The van der Waals surface area contributed by atoms with Gasteiger partial charge in [0, 0.05) is 6.20 Å². The van der Waals surface area contributed by atoms with Gasteiger partial charge in [-0.2, -0.15) is 0 Å². The highest BCUT2D eigenvalue weighted by molar-refractivity contribution is 7.63. The lowest BCUT2D eigenvalue weighted by Gasteiger charge is -2.03. The van der Waals surface area contributed by atoms with Crippen LogP contribution >= 0.6 is 7.92 Å². The van der Waals surface area contributed by atoms with Crippen LogP contribution in [0.5, 0.6) is 0 Å². The third kappa shape index (κ3) is 1.78. The molecular formula is C8H12NP. The van der Waals surface area contributed by atoms with E-state index in [9.17, 15) is 0 Å². The van der Waals surface area contributed by atoms with Crippen LogP contribution in [0.25, 0.3) is 0 Å². The molecule has 0 radical (unpaired) electrons. The molecule has 0 fully saturated rings. The van der Waals surface area contributed by atoms with Gasteiger partial charge in [-0.3, -0.25) is 4.98 Å². The predicted octanol–water partition coefficient (Wildman–Crippen LogP) is 1.76. The van der Waals surface area contributed by atoms with Gasteiger partial charge in [-0.1, -0.05) is 7.92 Å². The van der Waals surface area contributed by atoms with Crippen LogP contribution in [0.1, 0.15) is 5.56 Å². The van der Waals surface area contributed by atoms with Crippen molar-refractivity contribution in [2.45, 2.75) is 6.92 Å². The number of nitrogens with zero attached hydrogens (tertiary/aromatic N) is 1. The molecule has 2 heteroatoms. The fourth-order valence-corrected chi connectivity index (χ4v) is 1.52. The summed E-state index contributed by atoms with van der Waals surface area (Å²) in [6.45, 7) is 6.54. The van der Waals surface area contributed by atoms with Crippen molar-refractivity contribution in [3.05, 3.63) is 23.9 Å². The van der Waals surface area contributed by atoms with E-state index < -0.39 is 0 Å². The summed E-state index contributed by atoms with van der Waals surface area (Å²) in [4.78, 5) is 4.27. The van der Waals surface area contributed by atoms with E-state index in [0.717, 1.165) is 0 Å². The lowest BCUT2D eigenvalue weighted by atomic mass is 10.3. The van der Waals surface area contributed by atoms with Crippen molar-refractivity contribution in [3.63, 3.8) is 0 Å². The fourth-order valence-electron chi connectivity index (χ4n) is 0.765. The van der Waals surface area contributed by atoms with Crippen molar-refractivity contribution in [1.82, 2.24) is 4.98 Å². The Morgan fingerprint density at radius 2 is 2.10 bits per heavy atom. The summed E-state index contributed by atoms with van der Waals surface area (Å²) in [5.74, 6) is 0. The Balaban J connectivity index is 2.96. The van der Waals surface area contributed by atoms with E-state index >= 15 is 0 Å². The third-order valence-corrected chi connectivity index (χ3v) is 2.52. The summed E-state index contributed by atoms with van der Waals surface area (Å²) in [5, 5.41) is 0. The predicted molar refractivity (Wildman–Crippen MR) is 47.4 cm³/mol. The van der Waals surface area contributed by atoms with E-state index in [0.29, 0.717) is 0 Å². The third-order valence-electron chi connectivity index (χ3n) is 1.36. The molecule has 10 heavy (non-hydrogen) atoms. The minimum Gasteiger partial charge on any atom is -0.257 e. The number of hydrogen-bond acceptors (Lipinski definition) is 1. The first kappa shape index (κ1) is 7.68. The molecule has 0 aliphatic heterocycles. The molecule has 0 saturated heterocycles. The first-order chi connectivity index (χ1) is 4.70. The Bertz CT molecular complexity index is 220. The summed E-state index contributed by atoms with van der Waals surface area (Å²) in [7, 11) is -0.0229. The summed E-state index contributed by atoms with van der Waals surface area (Å²) < 4.78 is 0. The number of aryl methyl sites for hydroxylation is 1. The SMILES string of the molecule is Cc1ccnc(P(C)C)c1. The van der Waals surface area contributed by atoms with E-state index in [1.807, 2.05) is 12.3 Å². The van der Waals surface area contributed by atoms with Gasteiger partial charge < -0.3 is 0 Å². The summed E-state index contributed by atoms with van der Waals surface area (Å²) >= 11 is 0. The molecule has 0 N–H and O–H groups in total. The molecule has 0 aliphatic carbocycles. The average Bonchev–Trinajstić information content (AvgIpc) is 1.88. The van der Waals surface area contributed by atoms with Crippen LogP contribution in [0, 0.1) is 6.92 Å². The van der Waals surface area contributed by atoms with Crippen molar-refractivity contribution in [2.75, 3.05) is 13.3 Å². The van der Waals surface area contributed by atoms with Crippen LogP contribution < -0.4 is 5.44 Å². The van der Waals surface area contributed by atoms with Crippen molar-refractivity contribution in [3.8, 4) is 0 Å². The second-order valence-corrected chi connectivity index (χ2v) is 4.83. The van der Waals surface area contributed by atoms with Gasteiger partial charge in [-0.05, 0) is 37.9 Å². The molecule has 1 aromatic heterocycles. The van der Waals surface area contributed by atoms with Crippen molar-refractivity contribution in [1.29, 1.82) is 0 Å². The van der Waals surface area contributed by atoms with Gasteiger partial charge in [0.2, 0.25) is 0 Å². The average molecular weight is 153 g/mol. The molecule has 0 atom stereocenters. The molecule has 1 rings (SSSR count). The van der Waals surface area contributed by atoms with Gasteiger partial charge in [-0.15, -0.1) is 0 Å². The zero-order valence-corrected chi connectivity index (χ0v) is 7.52. The van der Waals surface area contributed by atoms with Crippen LogP contribution in [-0.2, 0) is 0 Å². The Labute approximate surface area is 63.2 Å². The molecule has 0 unspecified atom stereocenters. The smallest absolute Gasteiger partial charge is 0.0628 e. The topological polar surface area (TPSA) is 12.9 Å². The Kier molecular flexibility index (Phi) is 2.39. The van der Waals surface area contributed by atoms with E-state index in [1.54, 1.807) is 0 Å². The quantitative estimate of drug-likeness (QED) is 0.560. The maximum atomic E-state index is 4.27. The van der Waals surface area contributed by atoms with Crippen LogP contribution in [-0.4, -0.2) is 18.3 Å². The fraction of sp³-hybridized carbons (Fsp3) is 0.375. The van der Waals surface area contributed by atoms with Crippen LogP contribution in [0.15, 0.2) is 18.3 Å². The van der Waals surface area contributed by atoms with E-state index in [1.165, 1.54) is 11.0 Å². The summed E-state index contributed by atoms with van der Waals surface area (Å²) in [5.41, 5.74) is 2.55. The molecule has 1 heterocycles. The Hall–Kier alpha value is -0.420. The van der Waals surface area contributed by atoms with Crippen LogP contribution in [0.2, 0.25) is 0 Å². The minimum atomic E-state index is -0.0229. The maximum Gasteiger partial charge on any atom is 0.0628 e. The zero-order chi connectivity index (χ0) is 7.56. The van der Waals surface area contributed by atoms with Crippen molar-refractivity contribution >= 4 is 13.4 Å². The minimum absolute atomic E-state index is 0.0229. The lowest BCUT2D eigenvalue weighted by molar-refractivity contribution is 1.34. The molecule has 0 spiro atoms.